The molecule has 5 heteroatoms. The topological polar surface area (TPSA) is 72.2 Å². The Balaban J connectivity index is 4.42. The molecular weight excluding hydrogens is 212 g/mol. The molecule has 1 unspecified atom stereocenters. The molecule has 0 heterocycles. The average Bonchev–Trinajstić information content (AvgIpc) is 2.10. The van der Waals surface area contributed by atoms with Crippen LogP contribution in [0.4, 0.5) is 0 Å². The number of hydrogen-bond acceptors (Lipinski definition) is 3. The first kappa shape index (κ1) is 14.9. The molecule has 0 saturated carbocycles. The summed E-state index contributed by atoms with van der Waals surface area (Å²) in [5, 5.41) is 0. The normalized spacial score (nSPS) is 15.3. The fraction of sp³-hybridized carbons (Fsp3) is 1.00. The summed E-state index contributed by atoms with van der Waals surface area (Å²) < 4.78 is 25.5. The van der Waals surface area contributed by atoms with Gasteiger partial charge >= 0.3 is 0 Å². The largest absolute Gasteiger partial charge is 0.329 e. The minimum atomic E-state index is -3.27. The summed E-state index contributed by atoms with van der Waals surface area (Å²) >= 11 is 0. The van der Waals surface area contributed by atoms with Crippen molar-refractivity contribution in [2.45, 2.75) is 57.7 Å². The summed E-state index contributed by atoms with van der Waals surface area (Å²) in [6, 6.07) is -0.130. The molecule has 4 nitrogen and oxygen atoms in total. The van der Waals surface area contributed by atoms with E-state index in [2.05, 4.69) is 11.6 Å². The van der Waals surface area contributed by atoms with Gasteiger partial charge in [-0.05, 0) is 27.2 Å². The van der Waals surface area contributed by atoms with Gasteiger partial charge in [-0.2, -0.15) is 0 Å². The first-order chi connectivity index (χ1) is 6.74. The average molecular weight is 236 g/mol. The van der Waals surface area contributed by atoms with Crippen LogP contribution in [0.25, 0.3) is 0 Å². The van der Waals surface area contributed by atoms with Crippen LogP contribution in [0.3, 0.4) is 0 Å². The van der Waals surface area contributed by atoms with Gasteiger partial charge in [0.15, 0.2) is 0 Å². The van der Waals surface area contributed by atoms with Crippen molar-refractivity contribution in [2.75, 3.05) is 6.54 Å². The molecule has 3 N–H and O–H groups in total. The van der Waals surface area contributed by atoms with Crippen molar-refractivity contribution in [3.63, 3.8) is 0 Å². The second-order valence-corrected chi connectivity index (χ2v) is 7.28. The van der Waals surface area contributed by atoms with Gasteiger partial charge in [-0.15, -0.1) is 0 Å². The Labute approximate surface area is 93.7 Å². The number of hydrogen-bond donors (Lipinski definition) is 2. The van der Waals surface area contributed by atoms with Crippen molar-refractivity contribution in [1.29, 1.82) is 0 Å². The van der Waals surface area contributed by atoms with Crippen LogP contribution in [0, 0.1) is 0 Å². The molecule has 0 rings (SSSR count). The molecular formula is C10H24N2O2S. The maximum Gasteiger partial charge on any atom is 0.216 e. The Hall–Kier alpha value is -0.130. The molecule has 0 fully saturated rings. The van der Waals surface area contributed by atoms with E-state index in [1.165, 1.54) is 0 Å². The standard InChI is InChI=1S/C10H24N2O2S/c1-5-6-7-9(8-11)12-15(13,14)10(2,3)4/h9,12H,5-8,11H2,1-4H3. The molecule has 0 saturated heterocycles. The highest BCUT2D eigenvalue weighted by Gasteiger charge is 2.30. The van der Waals surface area contributed by atoms with Gasteiger partial charge in [-0.1, -0.05) is 19.8 Å². The first-order valence-corrected chi connectivity index (χ1v) is 6.95. The van der Waals surface area contributed by atoms with Gasteiger partial charge in [0.25, 0.3) is 0 Å². The van der Waals surface area contributed by atoms with Crippen molar-refractivity contribution < 1.29 is 8.42 Å². The quantitative estimate of drug-likeness (QED) is 0.728. The Bertz CT molecular complexity index is 268. The van der Waals surface area contributed by atoms with E-state index in [0.717, 1.165) is 19.3 Å². The van der Waals surface area contributed by atoms with Crippen molar-refractivity contribution >= 4 is 10.0 Å². The molecule has 0 aromatic carbocycles. The fourth-order valence-corrected chi connectivity index (χ4v) is 2.08. The number of sulfonamides is 1. The van der Waals surface area contributed by atoms with Crippen LogP contribution < -0.4 is 10.5 Å². The SMILES string of the molecule is CCCCC(CN)NS(=O)(=O)C(C)(C)C. The monoisotopic (exact) mass is 236 g/mol. The van der Waals surface area contributed by atoms with E-state index in [0.29, 0.717) is 6.54 Å². The summed E-state index contributed by atoms with van der Waals surface area (Å²) in [6.45, 7) is 7.48. The Morgan fingerprint density at radius 1 is 1.33 bits per heavy atom. The summed E-state index contributed by atoms with van der Waals surface area (Å²) in [6.07, 6.45) is 2.85. The highest BCUT2D eigenvalue weighted by atomic mass is 32.2. The smallest absolute Gasteiger partial charge is 0.216 e. The number of nitrogens with two attached hydrogens (primary N) is 1. The predicted molar refractivity (Wildman–Crippen MR) is 64.2 cm³/mol. The van der Waals surface area contributed by atoms with E-state index >= 15 is 0 Å². The molecule has 0 radical (unpaired) electrons. The maximum atomic E-state index is 11.8. The third kappa shape index (κ3) is 4.95. The predicted octanol–water partition coefficient (Wildman–Crippen LogP) is 1.22. The lowest BCUT2D eigenvalue weighted by Gasteiger charge is -2.24. The summed E-state index contributed by atoms with van der Waals surface area (Å²) in [5.74, 6) is 0. The minimum Gasteiger partial charge on any atom is -0.329 e. The van der Waals surface area contributed by atoms with Crippen molar-refractivity contribution in [3.05, 3.63) is 0 Å². The molecule has 0 amide bonds. The van der Waals surface area contributed by atoms with Crippen LogP contribution >= 0.6 is 0 Å². The number of rotatable bonds is 6. The maximum absolute atomic E-state index is 11.8. The summed E-state index contributed by atoms with van der Waals surface area (Å²) in [7, 11) is -3.27. The van der Waals surface area contributed by atoms with Crippen molar-refractivity contribution in [3.8, 4) is 0 Å². The lowest BCUT2D eigenvalue weighted by atomic mass is 10.1. The Morgan fingerprint density at radius 3 is 2.20 bits per heavy atom. The second-order valence-electron chi connectivity index (χ2n) is 4.81. The summed E-state index contributed by atoms with van der Waals surface area (Å²) in [5.41, 5.74) is 5.54. The van der Waals surface area contributed by atoms with Crippen molar-refractivity contribution in [1.82, 2.24) is 4.72 Å². The van der Waals surface area contributed by atoms with Gasteiger partial charge in [0.05, 0.1) is 4.75 Å². The van der Waals surface area contributed by atoms with Gasteiger partial charge in [-0.3, -0.25) is 0 Å². The lowest BCUT2D eigenvalue weighted by molar-refractivity contribution is 0.497. The van der Waals surface area contributed by atoms with Crippen LogP contribution in [0.2, 0.25) is 0 Å². The van der Waals surface area contributed by atoms with E-state index in [1.807, 2.05) is 0 Å². The highest BCUT2D eigenvalue weighted by Crippen LogP contribution is 2.14. The van der Waals surface area contributed by atoms with Crippen LogP contribution in [0.5, 0.6) is 0 Å². The number of nitrogens with one attached hydrogen (secondary N) is 1. The Morgan fingerprint density at radius 2 is 1.87 bits per heavy atom. The molecule has 1 atom stereocenters. The molecule has 0 spiro atoms. The third-order valence-corrected chi connectivity index (χ3v) is 4.57. The van der Waals surface area contributed by atoms with E-state index in [4.69, 9.17) is 5.73 Å². The molecule has 0 aliphatic heterocycles. The molecule has 0 bridgehead atoms. The number of unbranched alkanes of at least 4 members (excludes halogenated alkanes) is 1. The van der Waals surface area contributed by atoms with Gasteiger partial charge in [0, 0.05) is 12.6 Å². The molecule has 92 valence electrons. The lowest BCUT2D eigenvalue weighted by Crippen LogP contribution is -2.47. The van der Waals surface area contributed by atoms with Gasteiger partial charge in [0.2, 0.25) is 10.0 Å². The van der Waals surface area contributed by atoms with Gasteiger partial charge < -0.3 is 5.73 Å². The molecule has 0 aliphatic rings. The Kier molecular flexibility index (Phi) is 5.77. The zero-order valence-corrected chi connectivity index (χ0v) is 11.0. The third-order valence-electron chi connectivity index (χ3n) is 2.32. The highest BCUT2D eigenvalue weighted by molar-refractivity contribution is 7.90. The molecule has 0 aromatic rings. The van der Waals surface area contributed by atoms with E-state index in [1.54, 1.807) is 20.8 Å². The molecule has 0 aromatic heterocycles. The van der Waals surface area contributed by atoms with E-state index < -0.39 is 14.8 Å². The van der Waals surface area contributed by atoms with Crippen LogP contribution in [0.1, 0.15) is 47.0 Å². The van der Waals surface area contributed by atoms with Gasteiger partial charge in [-0.25, -0.2) is 13.1 Å². The van der Waals surface area contributed by atoms with Crippen LogP contribution in [0.15, 0.2) is 0 Å². The zero-order chi connectivity index (χ0) is 12.1. The van der Waals surface area contributed by atoms with Crippen LogP contribution in [-0.4, -0.2) is 25.8 Å². The zero-order valence-electron chi connectivity index (χ0n) is 10.2. The fourth-order valence-electron chi connectivity index (χ4n) is 1.07. The minimum absolute atomic E-state index is 0.130. The van der Waals surface area contributed by atoms with Crippen molar-refractivity contribution in [2.24, 2.45) is 5.73 Å². The van der Waals surface area contributed by atoms with E-state index in [-0.39, 0.29) is 6.04 Å². The first-order valence-electron chi connectivity index (χ1n) is 5.46. The van der Waals surface area contributed by atoms with Crippen LogP contribution in [-0.2, 0) is 10.0 Å². The molecule has 0 aliphatic carbocycles. The molecule has 15 heavy (non-hydrogen) atoms. The van der Waals surface area contributed by atoms with Gasteiger partial charge in [0.1, 0.15) is 0 Å². The second kappa shape index (κ2) is 5.82. The van der Waals surface area contributed by atoms with E-state index in [9.17, 15) is 8.42 Å². The summed E-state index contributed by atoms with van der Waals surface area (Å²) in [4.78, 5) is 0.